The molecule has 5 nitrogen and oxygen atoms in total. The summed E-state index contributed by atoms with van der Waals surface area (Å²) < 4.78 is 18.6. The summed E-state index contributed by atoms with van der Waals surface area (Å²) in [6.07, 6.45) is 1.84. The van der Waals surface area contributed by atoms with E-state index >= 15 is 0 Å². The Bertz CT molecular complexity index is 640. The Morgan fingerprint density at radius 1 is 1.32 bits per heavy atom. The molecule has 1 saturated heterocycles. The molecule has 2 aromatic rings. The van der Waals surface area contributed by atoms with Gasteiger partial charge in [0.25, 0.3) is 0 Å². The number of nitrogens with zero attached hydrogens (tertiary/aromatic N) is 3. The van der Waals surface area contributed by atoms with Crippen LogP contribution in [0.15, 0.2) is 24.4 Å². The number of piperazine rings is 1. The molecule has 0 atom stereocenters. The van der Waals surface area contributed by atoms with Gasteiger partial charge in [-0.05, 0) is 12.1 Å². The topological polar surface area (TPSA) is 54.6 Å². The van der Waals surface area contributed by atoms with Crippen molar-refractivity contribution in [3.63, 3.8) is 0 Å². The summed E-state index contributed by atoms with van der Waals surface area (Å²) in [5, 5.41) is 0.615. The van der Waals surface area contributed by atoms with E-state index in [4.69, 9.17) is 10.5 Å². The zero-order valence-electron chi connectivity index (χ0n) is 12.5. The lowest BCUT2D eigenvalue weighted by atomic mass is 10.2. The Morgan fingerprint density at radius 2 is 2.09 bits per heavy atom. The third kappa shape index (κ3) is 3.31. The molecule has 0 radical (unpaired) electrons. The number of methoxy groups -OCH3 is 1. The monoisotopic (exact) mass is 322 g/mol. The van der Waals surface area contributed by atoms with E-state index in [1.165, 1.54) is 28.3 Å². The second-order valence-electron chi connectivity index (χ2n) is 5.24. The molecule has 2 N–H and O–H groups in total. The van der Waals surface area contributed by atoms with Crippen molar-refractivity contribution >= 4 is 22.2 Å². The molecule has 0 saturated carbocycles. The van der Waals surface area contributed by atoms with Crippen LogP contribution in [0.3, 0.4) is 0 Å². The first-order valence-corrected chi connectivity index (χ1v) is 7.98. The van der Waals surface area contributed by atoms with Gasteiger partial charge in [0.2, 0.25) is 0 Å². The first-order valence-electron chi connectivity index (χ1n) is 7.17. The number of thiazole rings is 1. The minimum absolute atomic E-state index is 0.276. The maximum Gasteiger partial charge on any atom is 0.180 e. The van der Waals surface area contributed by atoms with Gasteiger partial charge in [0, 0.05) is 49.9 Å². The van der Waals surface area contributed by atoms with E-state index in [2.05, 4.69) is 14.8 Å². The van der Waals surface area contributed by atoms with E-state index in [1.807, 2.05) is 6.20 Å². The Kier molecular flexibility index (Phi) is 4.44. The Labute approximate surface area is 133 Å². The van der Waals surface area contributed by atoms with Crippen LogP contribution in [0, 0.1) is 5.82 Å². The van der Waals surface area contributed by atoms with Crippen molar-refractivity contribution in [1.29, 1.82) is 0 Å². The molecular formula is C15H19FN4OS. The number of benzene rings is 1. The van der Waals surface area contributed by atoms with Crippen molar-refractivity contribution in [3.8, 4) is 5.75 Å². The van der Waals surface area contributed by atoms with Gasteiger partial charge in [-0.2, -0.15) is 0 Å². The highest BCUT2D eigenvalue weighted by atomic mass is 32.1. The largest absolute Gasteiger partial charge is 0.494 e. The summed E-state index contributed by atoms with van der Waals surface area (Å²) in [5.74, 6) is 0.311. The zero-order valence-corrected chi connectivity index (χ0v) is 13.3. The lowest BCUT2D eigenvalue weighted by molar-refractivity contribution is 0.251. The number of halogens is 1. The van der Waals surface area contributed by atoms with Gasteiger partial charge in [0.1, 0.15) is 11.6 Å². The standard InChI is InChI=1S/C15H19FN4OS/c1-21-14-8-11(16)2-3-13(14)20-6-4-19(5-7-20)10-12-9-18-15(17)22-12/h2-3,8-9H,4-7,10H2,1H3,(H2,17,18). The summed E-state index contributed by atoms with van der Waals surface area (Å²) in [4.78, 5) is 9.87. The van der Waals surface area contributed by atoms with Crippen LogP contribution in [0.5, 0.6) is 5.75 Å². The predicted octanol–water partition coefficient (Wildman–Crippen LogP) is 2.20. The van der Waals surface area contributed by atoms with Gasteiger partial charge in [-0.1, -0.05) is 0 Å². The molecule has 22 heavy (non-hydrogen) atoms. The second kappa shape index (κ2) is 6.50. The lowest BCUT2D eigenvalue weighted by Gasteiger charge is -2.36. The molecule has 118 valence electrons. The number of rotatable bonds is 4. The first-order chi connectivity index (χ1) is 10.7. The van der Waals surface area contributed by atoms with Crippen molar-refractivity contribution in [2.75, 3.05) is 43.9 Å². The molecule has 0 spiro atoms. The number of aromatic nitrogens is 1. The molecule has 2 heterocycles. The van der Waals surface area contributed by atoms with Crippen LogP contribution < -0.4 is 15.4 Å². The fraction of sp³-hybridized carbons (Fsp3) is 0.400. The van der Waals surface area contributed by atoms with E-state index in [-0.39, 0.29) is 5.82 Å². The Balaban J connectivity index is 1.62. The van der Waals surface area contributed by atoms with E-state index < -0.39 is 0 Å². The van der Waals surface area contributed by atoms with Crippen LogP contribution in [0.4, 0.5) is 15.2 Å². The molecule has 1 aromatic carbocycles. The molecule has 1 aromatic heterocycles. The molecule has 1 fully saturated rings. The smallest absolute Gasteiger partial charge is 0.180 e. The van der Waals surface area contributed by atoms with Crippen LogP contribution in [-0.4, -0.2) is 43.2 Å². The Hall–Kier alpha value is -1.86. The number of ether oxygens (including phenoxy) is 1. The van der Waals surface area contributed by atoms with Gasteiger partial charge in [0.15, 0.2) is 5.13 Å². The molecular weight excluding hydrogens is 303 g/mol. The maximum absolute atomic E-state index is 13.3. The molecule has 0 bridgehead atoms. The summed E-state index contributed by atoms with van der Waals surface area (Å²) in [6.45, 7) is 4.53. The van der Waals surface area contributed by atoms with Gasteiger partial charge in [-0.15, -0.1) is 11.3 Å². The summed E-state index contributed by atoms with van der Waals surface area (Å²) in [6, 6.07) is 4.69. The number of nitrogen functional groups attached to an aromatic ring is 1. The molecule has 0 aliphatic carbocycles. The highest BCUT2D eigenvalue weighted by Gasteiger charge is 2.20. The van der Waals surface area contributed by atoms with Crippen molar-refractivity contribution in [2.45, 2.75) is 6.54 Å². The molecule has 1 aliphatic rings. The van der Waals surface area contributed by atoms with Gasteiger partial charge < -0.3 is 15.4 Å². The second-order valence-corrected chi connectivity index (χ2v) is 6.39. The highest BCUT2D eigenvalue weighted by Crippen LogP contribution is 2.30. The van der Waals surface area contributed by atoms with Gasteiger partial charge in [-0.25, -0.2) is 9.37 Å². The number of anilines is 2. The predicted molar refractivity (Wildman–Crippen MR) is 87.0 cm³/mol. The Morgan fingerprint density at radius 3 is 2.73 bits per heavy atom. The van der Waals surface area contributed by atoms with Gasteiger partial charge in [-0.3, -0.25) is 4.90 Å². The van der Waals surface area contributed by atoms with Crippen molar-refractivity contribution in [2.24, 2.45) is 0 Å². The molecule has 1 aliphatic heterocycles. The molecule has 0 unspecified atom stereocenters. The fourth-order valence-corrected chi connectivity index (χ4v) is 3.40. The van der Waals surface area contributed by atoms with Crippen LogP contribution >= 0.6 is 11.3 Å². The van der Waals surface area contributed by atoms with Crippen LogP contribution in [0.25, 0.3) is 0 Å². The maximum atomic E-state index is 13.3. The number of nitrogens with two attached hydrogens (primary N) is 1. The SMILES string of the molecule is COc1cc(F)ccc1N1CCN(Cc2cnc(N)s2)CC1. The third-order valence-corrected chi connectivity index (χ3v) is 4.62. The third-order valence-electron chi connectivity index (χ3n) is 3.81. The normalized spacial score (nSPS) is 16.0. The van der Waals surface area contributed by atoms with E-state index in [0.717, 1.165) is 38.4 Å². The van der Waals surface area contributed by atoms with Crippen molar-refractivity contribution in [1.82, 2.24) is 9.88 Å². The van der Waals surface area contributed by atoms with E-state index in [1.54, 1.807) is 13.2 Å². The number of hydrogen-bond donors (Lipinski definition) is 1. The average molecular weight is 322 g/mol. The van der Waals surface area contributed by atoms with Crippen molar-refractivity contribution in [3.05, 3.63) is 35.1 Å². The van der Waals surface area contributed by atoms with Crippen LogP contribution in [0.2, 0.25) is 0 Å². The van der Waals surface area contributed by atoms with E-state index in [0.29, 0.717) is 10.9 Å². The first kappa shape index (κ1) is 15.1. The van der Waals surface area contributed by atoms with Gasteiger partial charge >= 0.3 is 0 Å². The van der Waals surface area contributed by atoms with Gasteiger partial charge in [0.05, 0.1) is 12.8 Å². The minimum atomic E-state index is -0.276. The molecule has 7 heteroatoms. The number of hydrogen-bond acceptors (Lipinski definition) is 6. The zero-order chi connectivity index (χ0) is 15.5. The summed E-state index contributed by atoms with van der Waals surface area (Å²) >= 11 is 1.54. The van der Waals surface area contributed by atoms with Crippen LogP contribution in [0.1, 0.15) is 4.88 Å². The van der Waals surface area contributed by atoms with E-state index in [9.17, 15) is 4.39 Å². The quantitative estimate of drug-likeness (QED) is 0.935. The fourth-order valence-electron chi connectivity index (χ4n) is 2.68. The summed E-state index contributed by atoms with van der Waals surface area (Å²) in [7, 11) is 1.57. The van der Waals surface area contributed by atoms with Crippen LogP contribution in [-0.2, 0) is 6.54 Å². The average Bonchev–Trinajstić information content (AvgIpc) is 2.93. The highest BCUT2D eigenvalue weighted by molar-refractivity contribution is 7.15. The molecule has 0 amide bonds. The minimum Gasteiger partial charge on any atom is -0.494 e. The molecule has 3 rings (SSSR count). The lowest BCUT2D eigenvalue weighted by Crippen LogP contribution is -2.46. The summed E-state index contributed by atoms with van der Waals surface area (Å²) in [5.41, 5.74) is 6.61. The van der Waals surface area contributed by atoms with Crippen molar-refractivity contribution < 1.29 is 9.13 Å².